The minimum absolute atomic E-state index is 0.346. The van der Waals surface area contributed by atoms with Gasteiger partial charge in [-0.3, -0.25) is 9.51 Å². The van der Waals surface area contributed by atoms with E-state index in [2.05, 4.69) is 20.0 Å². The van der Waals surface area contributed by atoms with Crippen LogP contribution in [0.15, 0.2) is 9.32 Å². The highest BCUT2D eigenvalue weighted by molar-refractivity contribution is 4.83. The van der Waals surface area contributed by atoms with Crippen LogP contribution in [0.3, 0.4) is 0 Å². The number of nitrogens with one attached hydrogen (secondary N) is 2. The molecule has 0 saturated carbocycles. The van der Waals surface area contributed by atoms with Gasteiger partial charge in [0.1, 0.15) is 0 Å². The van der Waals surface area contributed by atoms with E-state index in [0.29, 0.717) is 24.8 Å². The van der Waals surface area contributed by atoms with Gasteiger partial charge in [-0.2, -0.15) is 0 Å². The van der Waals surface area contributed by atoms with Crippen LogP contribution in [0.2, 0.25) is 0 Å². The number of hydrogen-bond acceptors (Lipinski definition) is 5. The molecular formula is C8H13N3O3. The summed E-state index contributed by atoms with van der Waals surface area (Å²) in [5.41, 5.74) is 0. The molecular weight excluding hydrogens is 186 g/mol. The first-order valence-electron chi connectivity index (χ1n) is 4.68. The number of ether oxygens (including phenoxy) is 1. The number of aromatic amines is 1. The molecule has 0 spiro atoms. The molecule has 6 heteroatoms. The fourth-order valence-corrected chi connectivity index (χ4v) is 1.51. The van der Waals surface area contributed by atoms with Gasteiger partial charge >= 0.3 is 5.76 Å². The maximum atomic E-state index is 10.7. The highest BCUT2D eigenvalue weighted by Gasteiger charge is 2.15. The van der Waals surface area contributed by atoms with E-state index >= 15 is 0 Å². The van der Waals surface area contributed by atoms with Crippen molar-refractivity contribution in [3.8, 4) is 0 Å². The van der Waals surface area contributed by atoms with Gasteiger partial charge in [0.25, 0.3) is 0 Å². The van der Waals surface area contributed by atoms with Crippen LogP contribution in [-0.4, -0.2) is 36.4 Å². The third-order valence-electron chi connectivity index (χ3n) is 2.18. The van der Waals surface area contributed by atoms with Gasteiger partial charge in [0.2, 0.25) is 0 Å². The molecule has 0 bridgehead atoms. The van der Waals surface area contributed by atoms with E-state index in [-0.39, 0.29) is 0 Å². The molecule has 78 valence electrons. The van der Waals surface area contributed by atoms with Gasteiger partial charge in [0.15, 0.2) is 5.82 Å². The molecule has 1 aliphatic heterocycles. The average molecular weight is 199 g/mol. The van der Waals surface area contributed by atoms with Crippen molar-refractivity contribution in [3.63, 3.8) is 0 Å². The zero-order valence-corrected chi connectivity index (χ0v) is 7.78. The molecule has 0 aliphatic carbocycles. The summed E-state index contributed by atoms with van der Waals surface area (Å²) in [5, 5.41) is 6.86. The largest absolute Gasteiger partial charge is 0.438 e. The summed E-state index contributed by atoms with van der Waals surface area (Å²) in [7, 11) is 0. The summed E-state index contributed by atoms with van der Waals surface area (Å²) in [6.45, 7) is 3.20. The van der Waals surface area contributed by atoms with Gasteiger partial charge in [-0.05, 0) is 0 Å². The molecule has 1 saturated heterocycles. The quantitative estimate of drug-likeness (QED) is 0.648. The van der Waals surface area contributed by atoms with Crippen LogP contribution >= 0.6 is 0 Å². The zero-order chi connectivity index (χ0) is 9.80. The first kappa shape index (κ1) is 9.42. The molecule has 2 rings (SSSR count). The maximum Gasteiger partial charge on any atom is 0.438 e. The molecule has 1 aromatic heterocycles. The number of rotatable bonds is 2. The van der Waals surface area contributed by atoms with E-state index in [9.17, 15) is 4.79 Å². The van der Waals surface area contributed by atoms with Crippen LogP contribution in [0, 0.1) is 5.92 Å². The van der Waals surface area contributed by atoms with Crippen molar-refractivity contribution in [2.24, 2.45) is 5.92 Å². The van der Waals surface area contributed by atoms with Crippen LogP contribution in [0.5, 0.6) is 0 Å². The van der Waals surface area contributed by atoms with Crippen molar-refractivity contribution < 1.29 is 9.26 Å². The van der Waals surface area contributed by atoms with Gasteiger partial charge in [-0.25, -0.2) is 4.79 Å². The van der Waals surface area contributed by atoms with Crippen LogP contribution in [0.25, 0.3) is 0 Å². The number of nitrogens with zero attached hydrogens (tertiary/aromatic N) is 1. The topological polar surface area (TPSA) is 80.2 Å². The predicted octanol–water partition coefficient (Wildman–Crippen LogP) is -0.859. The van der Waals surface area contributed by atoms with Crippen LogP contribution in [0.4, 0.5) is 0 Å². The second-order valence-electron chi connectivity index (χ2n) is 3.39. The second kappa shape index (κ2) is 4.39. The summed E-state index contributed by atoms with van der Waals surface area (Å²) in [5.74, 6) is 0.438. The van der Waals surface area contributed by atoms with E-state index in [1.54, 1.807) is 0 Å². The van der Waals surface area contributed by atoms with E-state index < -0.39 is 5.76 Å². The molecule has 2 heterocycles. The van der Waals surface area contributed by atoms with Crippen molar-refractivity contribution in [1.82, 2.24) is 15.5 Å². The minimum atomic E-state index is -0.498. The Balaban J connectivity index is 1.92. The summed E-state index contributed by atoms with van der Waals surface area (Å²) in [6, 6.07) is 0. The molecule has 1 unspecified atom stereocenters. The van der Waals surface area contributed by atoms with E-state index in [1.807, 2.05) is 0 Å². The first-order valence-corrected chi connectivity index (χ1v) is 4.68. The molecule has 6 nitrogen and oxygen atoms in total. The molecule has 1 aliphatic rings. The molecule has 14 heavy (non-hydrogen) atoms. The highest BCUT2D eigenvalue weighted by Crippen LogP contribution is 2.05. The summed E-state index contributed by atoms with van der Waals surface area (Å²) < 4.78 is 9.79. The molecule has 1 atom stereocenters. The SMILES string of the molecule is O=c1[nH]c(CC2CNCCOC2)no1. The van der Waals surface area contributed by atoms with Crippen molar-refractivity contribution in [2.75, 3.05) is 26.3 Å². The Bertz CT molecular complexity index is 325. The minimum Gasteiger partial charge on any atom is -0.380 e. The van der Waals surface area contributed by atoms with Crippen molar-refractivity contribution in [2.45, 2.75) is 6.42 Å². The van der Waals surface area contributed by atoms with Gasteiger partial charge in [-0.15, -0.1) is 0 Å². The van der Waals surface area contributed by atoms with Gasteiger partial charge in [0, 0.05) is 25.4 Å². The smallest absolute Gasteiger partial charge is 0.380 e. The lowest BCUT2D eigenvalue weighted by Crippen LogP contribution is -2.24. The van der Waals surface area contributed by atoms with Gasteiger partial charge in [0.05, 0.1) is 13.2 Å². The summed E-state index contributed by atoms with van der Waals surface area (Å²) in [4.78, 5) is 13.2. The Morgan fingerprint density at radius 1 is 1.57 bits per heavy atom. The molecule has 1 fully saturated rings. The summed E-state index contributed by atoms with van der Waals surface area (Å²) in [6.07, 6.45) is 0.679. The number of hydrogen-bond donors (Lipinski definition) is 2. The standard InChI is InChI=1S/C8H13N3O3/c12-8-10-7(11-14-8)3-6-4-9-1-2-13-5-6/h6,9H,1-5H2,(H,10,11,12). The van der Waals surface area contributed by atoms with E-state index in [0.717, 1.165) is 19.7 Å². The van der Waals surface area contributed by atoms with Crippen LogP contribution in [-0.2, 0) is 11.2 Å². The first-order chi connectivity index (χ1) is 6.84. The Morgan fingerprint density at radius 3 is 3.29 bits per heavy atom. The third-order valence-corrected chi connectivity index (χ3v) is 2.18. The lowest BCUT2D eigenvalue weighted by atomic mass is 10.1. The fraction of sp³-hybridized carbons (Fsp3) is 0.750. The average Bonchev–Trinajstić information content (AvgIpc) is 2.43. The second-order valence-corrected chi connectivity index (χ2v) is 3.39. The van der Waals surface area contributed by atoms with E-state index in [4.69, 9.17) is 4.74 Å². The van der Waals surface area contributed by atoms with E-state index in [1.165, 1.54) is 0 Å². The zero-order valence-electron chi connectivity index (χ0n) is 7.78. The summed E-state index contributed by atoms with van der Waals surface area (Å²) >= 11 is 0. The molecule has 1 aromatic rings. The Morgan fingerprint density at radius 2 is 2.50 bits per heavy atom. The molecule has 0 amide bonds. The molecule has 2 N–H and O–H groups in total. The fourth-order valence-electron chi connectivity index (χ4n) is 1.51. The normalized spacial score (nSPS) is 23.3. The third kappa shape index (κ3) is 2.43. The van der Waals surface area contributed by atoms with Crippen LogP contribution < -0.4 is 11.1 Å². The van der Waals surface area contributed by atoms with Crippen molar-refractivity contribution in [1.29, 1.82) is 0 Å². The van der Waals surface area contributed by atoms with Crippen molar-refractivity contribution in [3.05, 3.63) is 16.4 Å². The van der Waals surface area contributed by atoms with Gasteiger partial charge < -0.3 is 10.1 Å². The monoisotopic (exact) mass is 199 g/mol. The van der Waals surface area contributed by atoms with Crippen LogP contribution in [0.1, 0.15) is 5.82 Å². The molecule has 0 aromatic carbocycles. The Hall–Kier alpha value is -1.14. The highest BCUT2D eigenvalue weighted by atomic mass is 16.5. The number of aromatic nitrogens is 2. The predicted molar refractivity (Wildman–Crippen MR) is 48.0 cm³/mol. The molecule has 0 radical (unpaired) electrons. The number of H-pyrrole nitrogens is 1. The van der Waals surface area contributed by atoms with Gasteiger partial charge in [-0.1, -0.05) is 5.16 Å². The maximum absolute atomic E-state index is 10.7. The Labute approximate surface area is 80.6 Å². The van der Waals surface area contributed by atoms with Crippen molar-refractivity contribution >= 4 is 0 Å². The lowest BCUT2D eigenvalue weighted by Gasteiger charge is -2.10. The lowest BCUT2D eigenvalue weighted by molar-refractivity contribution is 0.122. The Kier molecular flexibility index (Phi) is 2.95.